The van der Waals surface area contributed by atoms with Crippen LogP contribution in [0.2, 0.25) is 5.02 Å². The molecule has 0 fully saturated rings. The molecule has 1 aromatic heterocycles. The molecule has 1 N–H and O–H groups in total. The molecule has 0 saturated heterocycles. The van der Waals surface area contributed by atoms with E-state index in [0.29, 0.717) is 16.5 Å². The molecule has 5 nitrogen and oxygen atoms in total. The van der Waals surface area contributed by atoms with Gasteiger partial charge < -0.3 is 5.32 Å². The maximum Gasteiger partial charge on any atom is 0.295 e. The average Bonchev–Trinajstić information content (AvgIpc) is 3.18. The summed E-state index contributed by atoms with van der Waals surface area (Å²) >= 11 is 6.16. The summed E-state index contributed by atoms with van der Waals surface area (Å²) in [7, 11) is 0. The van der Waals surface area contributed by atoms with Gasteiger partial charge in [-0.25, -0.2) is 9.67 Å². The van der Waals surface area contributed by atoms with Crippen molar-refractivity contribution in [2.75, 3.05) is 5.32 Å². The summed E-state index contributed by atoms with van der Waals surface area (Å²) in [4.78, 5) is 17.4. The SMILES string of the molecule is Cc1cccc(-n2nc(C(=O)Nc3ccccc3Cl)nc2-c2ccccc2)c1C. The molecule has 0 unspecified atom stereocenters. The van der Waals surface area contributed by atoms with Crippen molar-refractivity contribution < 1.29 is 4.79 Å². The zero-order chi connectivity index (χ0) is 20.4. The van der Waals surface area contributed by atoms with E-state index in [1.54, 1.807) is 28.9 Å². The van der Waals surface area contributed by atoms with Crippen LogP contribution < -0.4 is 5.32 Å². The van der Waals surface area contributed by atoms with Crippen LogP contribution in [0.1, 0.15) is 21.7 Å². The molecule has 0 aliphatic heterocycles. The van der Waals surface area contributed by atoms with E-state index in [1.165, 1.54) is 0 Å². The number of aryl methyl sites for hydroxylation is 1. The maximum absolute atomic E-state index is 12.8. The molecule has 0 saturated carbocycles. The third kappa shape index (κ3) is 3.77. The van der Waals surface area contributed by atoms with Crippen molar-refractivity contribution in [3.05, 3.63) is 94.8 Å². The van der Waals surface area contributed by atoms with E-state index in [9.17, 15) is 4.79 Å². The lowest BCUT2D eigenvalue weighted by Gasteiger charge is -2.10. The normalized spacial score (nSPS) is 10.7. The third-order valence-corrected chi connectivity index (χ3v) is 5.10. The van der Waals surface area contributed by atoms with Crippen molar-refractivity contribution in [3.8, 4) is 17.1 Å². The number of nitrogens with one attached hydrogen (secondary N) is 1. The van der Waals surface area contributed by atoms with E-state index < -0.39 is 5.91 Å². The van der Waals surface area contributed by atoms with Gasteiger partial charge in [0.1, 0.15) is 0 Å². The Kier molecular flexibility index (Phi) is 5.14. The van der Waals surface area contributed by atoms with Gasteiger partial charge in [-0.15, -0.1) is 5.10 Å². The minimum atomic E-state index is -0.417. The number of carbonyl (C=O) groups is 1. The fraction of sp³-hybridized carbons (Fsp3) is 0.0870. The van der Waals surface area contributed by atoms with Crippen molar-refractivity contribution in [2.45, 2.75) is 13.8 Å². The van der Waals surface area contributed by atoms with Crippen LogP contribution in [0.15, 0.2) is 72.8 Å². The second kappa shape index (κ2) is 7.89. The Hall–Kier alpha value is -3.44. The van der Waals surface area contributed by atoms with Crippen LogP contribution in [0.4, 0.5) is 5.69 Å². The van der Waals surface area contributed by atoms with Gasteiger partial charge in [0.25, 0.3) is 5.91 Å². The first kappa shape index (κ1) is 18.9. The number of amides is 1. The van der Waals surface area contributed by atoms with Gasteiger partial charge in [-0.2, -0.15) is 0 Å². The predicted molar refractivity (Wildman–Crippen MR) is 116 cm³/mol. The van der Waals surface area contributed by atoms with Crippen LogP contribution in [0.25, 0.3) is 17.1 Å². The topological polar surface area (TPSA) is 59.8 Å². The number of halogens is 1. The highest BCUT2D eigenvalue weighted by Gasteiger charge is 2.20. The molecule has 0 spiro atoms. The van der Waals surface area contributed by atoms with Gasteiger partial charge in [0.2, 0.25) is 5.82 Å². The Balaban J connectivity index is 1.81. The minimum absolute atomic E-state index is 0.0738. The van der Waals surface area contributed by atoms with Crippen molar-refractivity contribution in [1.29, 1.82) is 0 Å². The molecule has 0 aliphatic rings. The molecule has 0 atom stereocenters. The van der Waals surface area contributed by atoms with Gasteiger partial charge in [0.05, 0.1) is 16.4 Å². The number of para-hydroxylation sites is 1. The van der Waals surface area contributed by atoms with Gasteiger partial charge in [-0.1, -0.05) is 66.2 Å². The number of carbonyl (C=O) groups excluding carboxylic acids is 1. The molecular formula is C23H19ClN4O. The van der Waals surface area contributed by atoms with Crippen LogP contribution in [-0.4, -0.2) is 20.7 Å². The van der Waals surface area contributed by atoms with E-state index in [1.807, 2.05) is 62.4 Å². The molecule has 0 bridgehead atoms. The quantitative estimate of drug-likeness (QED) is 0.493. The Labute approximate surface area is 174 Å². The lowest BCUT2D eigenvalue weighted by molar-refractivity contribution is 0.101. The van der Waals surface area contributed by atoms with Gasteiger partial charge in [-0.05, 0) is 43.2 Å². The third-order valence-electron chi connectivity index (χ3n) is 4.77. The van der Waals surface area contributed by atoms with Gasteiger partial charge in [0.15, 0.2) is 5.82 Å². The van der Waals surface area contributed by atoms with E-state index in [4.69, 9.17) is 11.6 Å². The van der Waals surface area contributed by atoms with Crippen LogP contribution in [0.5, 0.6) is 0 Å². The molecule has 0 aliphatic carbocycles. The highest BCUT2D eigenvalue weighted by atomic mass is 35.5. The van der Waals surface area contributed by atoms with Gasteiger partial charge in [-0.3, -0.25) is 4.79 Å². The predicted octanol–water partition coefficient (Wildman–Crippen LogP) is 5.46. The number of benzene rings is 3. The smallest absolute Gasteiger partial charge is 0.295 e. The van der Waals surface area contributed by atoms with Crippen LogP contribution in [-0.2, 0) is 0 Å². The van der Waals surface area contributed by atoms with Crippen molar-refractivity contribution in [1.82, 2.24) is 14.8 Å². The molecule has 1 amide bonds. The number of hydrogen-bond acceptors (Lipinski definition) is 3. The summed E-state index contributed by atoms with van der Waals surface area (Å²) in [6, 6.07) is 22.7. The number of aromatic nitrogens is 3. The largest absolute Gasteiger partial charge is 0.318 e. The summed E-state index contributed by atoms with van der Waals surface area (Å²) in [5, 5.41) is 7.78. The standard InChI is InChI=1S/C23H19ClN4O/c1-15-9-8-14-20(16(15)2)28-22(17-10-4-3-5-11-17)26-21(27-28)23(29)25-19-13-7-6-12-18(19)24/h3-14H,1-2H3,(H,25,29). The zero-order valence-electron chi connectivity index (χ0n) is 16.1. The van der Waals surface area contributed by atoms with E-state index >= 15 is 0 Å². The monoisotopic (exact) mass is 402 g/mol. The summed E-state index contributed by atoms with van der Waals surface area (Å²) in [5.74, 6) is 0.257. The molecule has 29 heavy (non-hydrogen) atoms. The number of rotatable bonds is 4. The summed E-state index contributed by atoms with van der Waals surface area (Å²) in [5.41, 5.74) is 4.49. The number of nitrogens with zero attached hydrogens (tertiary/aromatic N) is 3. The zero-order valence-corrected chi connectivity index (χ0v) is 16.8. The first-order chi connectivity index (χ1) is 14.0. The number of anilines is 1. The van der Waals surface area contributed by atoms with Gasteiger partial charge >= 0.3 is 0 Å². The molecule has 6 heteroatoms. The average molecular weight is 403 g/mol. The van der Waals surface area contributed by atoms with E-state index in [0.717, 1.165) is 22.4 Å². The Morgan fingerprint density at radius 2 is 1.66 bits per heavy atom. The second-order valence-electron chi connectivity index (χ2n) is 6.69. The number of hydrogen-bond donors (Lipinski definition) is 1. The first-order valence-corrected chi connectivity index (χ1v) is 9.57. The molecule has 144 valence electrons. The lowest BCUT2D eigenvalue weighted by atomic mass is 10.1. The van der Waals surface area contributed by atoms with Crippen LogP contribution in [0.3, 0.4) is 0 Å². The lowest BCUT2D eigenvalue weighted by Crippen LogP contribution is -2.14. The minimum Gasteiger partial charge on any atom is -0.318 e. The van der Waals surface area contributed by atoms with E-state index in [2.05, 4.69) is 15.4 Å². The van der Waals surface area contributed by atoms with Gasteiger partial charge in [0, 0.05) is 5.56 Å². The van der Waals surface area contributed by atoms with Crippen LogP contribution >= 0.6 is 11.6 Å². The fourth-order valence-electron chi connectivity index (χ4n) is 3.06. The summed E-state index contributed by atoms with van der Waals surface area (Å²) < 4.78 is 1.72. The highest BCUT2D eigenvalue weighted by Crippen LogP contribution is 2.25. The Morgan fingerprint density at radius 1 is 0.931 bits per heavy atom. The molecular weight excluding hydrogens is 384 g/mol. The molecule has 4 rings (SSSR count). The van der Waals surface area contributed by atoms with Crippen molar-refractivity contribution in [3.63, 3.8) is 0 Å². The van der Waals surface area contributed by atoms with Crippen molar-refractivity contribution >= 4 is 23.2 Å². The Bertz CT molecular complexity index is 1180. The fourth-order valence-corrected chi connectivity index (χ4v) is 3.24. The van der Waals surface area contributed by atoms with Crippen molar-refractivity contribution in [2.24, 2.45) is 0 Å². The van der Waals surface area contributed by atoms with E-state index in [-0.39, 0.29) is 5.82 Å². The highest BCUT2D eigenvalue weighted by molar-refractivity contribution is 6.33. The molecule has 0 radical (unpaired) electrons. The maximum atomic E-state index is 12.8. The molecule has 1 heterocycles. The summed E-state index contributed by atoms with van der Waals surface area (Å²) in [6.45, 7) is 4.08. The summed E-state index contributed by atoms with van der Waals surface area (Å²) in [6.07, 6.45) is 0. The molecule has 4 aromatic rings. The molecule has 3 aromatic carbocycles. The second-order valence-corrected chi connectivity index (χ2v) is 7.10. The Morgan fingerprint density at radius 3 is 2.41 bits per heavy atom. The van der Waals surface area contributed by atoms with Crippen LogP contribution in [0, 0.1) is 13.8 Å². The first-order valence-electron chi connectivity index (χ1n) is 9.19.